The van der Waals surface area contributed by atoms with Gasteiger partial charge in [0.1, 0.15) is 12.1 Å². The summed E-state index contributed by atoms with van der Waals surface area (Å²) in [5, 5.41) is 7.09. The molecule has 10 heteroatoms. The minimum Gasteiger partial charge on any atom is -0.339 e. The molecule has 0 aliphatic carbocycles. The second kappa shape index (κ2) is 8.27. The minimum absolute atomic E-state index is 0.134. The standard InChI is InChI=1S/C20H20ClN5O4/c1-12-22-18(24-30-12)17-15-5-3-2-4-10-25(15)20(29)26(19(17)28)11-16(27)23-14-8-6-13(21)7-9-14/h6-9H,2-5,10-11H2,1H3,(H,23,27). The number of aryl methyl sites for hydroxylation is 1. The summed E-state index contributed by atoms with van der Waals surface area (Å²) in [6.45, 7) is 1.67. The third kappa shape index (κ3) is 3.93. The Bertz CT molecular complexity index is 1210. The number of amides is 1. The van der Waals surface area contributed by atoms with Crippen LogP contribution in [0.25, 0.3) is 11.4 Å². The SMILES string of the molecule is Cc1nc(-c2c3n(c(=O)n(CC(=O)Nc4ccc(Cl)cc4)c2=O)CCCCC3)no1. The number of nitrogens with zero attached hydrogens (tertiary/aromatic N) is 4. The lowest BCUT2D eigenvalue weighted by molar-refractivity contribution is -0.116. The Morgan fingerprint density at radius 3 is 2.67 bits per heavy atom. The van der Waals surface area contributed by atoms with E-state index in [4.69, 9.17) is 16.1 Å². The third-order valence-corrected chi connectivity index (χ3v) is 5.26. The zero-order chi connectivity index (χ0) is 21.3. The first-order valence-corrected chi connectivity index (χ1v) is 10.0. The van der Waals surface area contributed by atoms with Crippen LogP contribution in [-0.2, 0) is 24.3 Å². The smallest absolute Gasteiger partial charge is 0.331 e. The first-order chi connectivity index (χ1) is 14.4. The molecule has 2 aromatic heterocycles. The third-order valence-electron chi connectivity index (χ3n) is 5.01. The monoisotopic (exact) mass is 429 g/mol. The van der Waals surface area contributed by atoms with Gasteiger partial charge in [0, 0.05) is 29.9 Å². The Labute approximate surface area is 176 Å². The number of carbonyl (C=O) groups excluding carboxylic acids is 1. The van der Waals surface area contributed by atoms with Gasteiger partial charge in [-0.25, -0.2) is 4.79 Å². The highest BCUT2D eigenvalue weighted by Crippen LogP contribution is 2.21. The molecule has 30 heavy (non-hydrogen) atoms. The van der Waals surface area contributed by atoms with E-state index in [1.807, 2.05) is 0 Å². The highest BCUT2D eigenvalue weighted by molar-refractivity contribution is 6.30. The van der Waals surface area contributed by atoms with E-state index in [0.717, 1.165) is 23.8 Å². The molecule has 4 rings (SSSR count). The van der Waals surface area contributed by atoms with Gasteiger partial charge in [-0.05, 0) is 43.5 Å². The highest BCUT2D eigenvalue weighted by atomic mass is 35.5. The van der Waals surface area contributed by atoms with Crippen LogP contribution in [0.5, 0.6) is 0 Å². The maximum atomic E-state index is 13.2. The number of halogens is 1. The summed E-state index contributed by atoms with van der Waals surface area (Å²) in [6, 6.07) is 6.55. The van der Waals surface area contributed by atoms with E-state index in [1.54, 1.807) is 35.8 Å². The molecule has 1 aromatic carbocycles. The fraction of sp³-hybridized carbons (Fsp3) is 0.350. The van der Waals surface area contributed by atoms with Crippen LogP contribution in [0.3, 0.4) is 0 Å². The van der Waals surface area contributed by atoms with Crippen LogP contribution in [-0.4, -0.2) is 25.2 Å². The average Bonchev–Trinajstić information content (AvgIpc) is 2.99. The van der Waals surface area contributed by atoms with Crippen molar-refractivity contribution in [1.82, 2.24) is 19.3 Å². The number of rotatable bonds is 4. The molecule has 0 atom stereocenters. The van der Waals surface area contributed by atoms with Gasteiger partial charge in [0.05, 0.1) is 0 Å². The maximum absolute atomic E-state index is 13.2. The number of fused-ring (bicyclic) bond motifs is 1. The Morgan fingerprint density at radius 2 is 1.97 bits per heavy atom. The summed E-state index contributed by atoms with van der Waals surface area (Å²) in [5.41, 5.74) is 0.221. The lowest BCUT2D eigenvalue weighted by Gasteiger charge is -2.16. The van der Waals surface area contributed by atoms with Gasteiger partial charge in [0.15, 0.2) is 0 Å². The largest absolute Gasteiger partial charge is 0.339 e. The zero-order valence-electron chi connectivity index (χ0n) is 16.4. The lowest BCUT2D eigenvalue weighted by Crippen LogP contribution is -2.44. The summed E-state index contributed by atoms with van der Waals surface area (Å²) < 4.78 is 7.54. The second-order valence-electron chi connectivity index (χ2n) is 7.15. The van der Waals surface area contributed by atoms with E-state index in [-0.39, 0.29) is 11.4 Å². The molecule has 9 nitrogen and oxygen atoms in total. The Kier molecular flexibility index (Phi) is 5.54. The molecule has 3 heterocycles. The van der Waals surface area contributed by atoms with Crippen LogP contribution in [0.15, 0.2) is 38.4 Å². The molecule has 0 radical (unpaired) electrons. The molecule has 156 valence electrons. The summed E-state index contributed by atoms with van der Waals surface area (Å²) in [7, 11) is 0. The van der Waals surface area contributed by atoms with Crippen LogP contribution in [0.4, 0.5) is 5.69 Å². The van der Waals surface area contributed by atoms with Crippen molar-refractivity contribution in [3.05, 3.63) is 61.7 Å². The number of hydrogen-bond donors (Lipinski definition) is 1. The van der Waals surface area contributed by atoms with E-state index < -0.39 is 23.7 Å². The van der Waals surface area contributed by atoms with Gasteiger partial charge in [0.2, 0.25) is 17.6 Å². The van der Waals surface area contributed by atoms with E-state index >= 15 is 0 Å². The van der Waals surface area contributed by atoms with Crippen molar-refractivity contribution in [3.8, 4) is 11.4 Å². The fourth-order valence-corrected chi connectivity index (χ4v) is 3.74. The molecule has 3 aromatic rings. The Morgan fingerprint density at radius 1 is 1.20 bits per heavy atom. The highest BCUT2D eigenvalue weighted by Gasteiger charge is 2.25. The van der Waals surface area contributed by atoms with Crippen molar-refractivity contribution >= 4 is 23.2 Å². The molecule has 0 unspecified atom stereocenters. The number of aromatic nitrogens is 4. The molecule has 1 aliphatic heterocycles. The topological polar surface area (TPSA) is 112 Å². The summed E-state index contributed by atoms with van der Waals surface area (Å²) in [5.74, 6) is -0.0500. The molecule has 0 saturated carbocycles. The molecule has 0 fully saturated rings. The van der Waals surface area contributed by atoms with Gasteiger partial charge in [-0.15, -0.1) is 0 Å². The van der Waals surface area contributed by atoms with Gasteiger partial charge in [-0.2, -0.15) is 4.98 Å². The molecule has 0 bridgehead atoms. The van der Waals surface area contributed by atoms with Crippen molar-refractivity contribution in [2.45, 2.75) is 45.7 Å². The van der Waals surface area contributed by atoms with Crippen LogP contribution in [0.1, 0.15) is 30.8 Å². The average molecular weight is 430 g/mol. The van der Waals surface area contributed by atoms with Crippen molar-refractivity contribution in [2.24, 2.45) is 0 Å². The number of carbonyl (C=O) groups is 1. The minimum atomic E-state index is -0.597. The number of hydrogen-bond acceptors (Lipinski definition) is 6. The van der Waals surface area contributed by atoms with E-state index in [2.05, 4.69) is 15.5 Å². The molecular weight excluding hydrogens is 410 g/mol. The first-order valence-electron chi connectivity index (χ1n) is 9.66. The summed E-state index contributed by atoms with van der Waals surface area (Å²) >= 11 is 5.86. The molecule has 0 spiro atoms. The normalized spacial score (nSPS) is 13.5. The molecule has 0 saturated heterocycles. The molecule has 1 N–H and O–H groups in total. The van der Waals surface area contributed by atoms with Crippen LogP contribution in [0, 0.1) is 6.92 Å². The van der Waals surface area contributed by atoms with Crippen molar-refractivity contribution in [3.63, 3.8) is 0 Å². The number of benzene rings is 1. The zero-order valence-corrected chi connectivity index (χ0v) is 17.1. The van der Waals surface area contributed by atoms with Gasteiger partial charge in [-0.1, -0.05) is 23.2 Å². The lowest BCUT2D eigenvalue weighted by atomic mass is 10.1. The van der Waals surface area contributed by atoms with Crippen molar-refractivity contribution in [1.29, 1.82) is 0 Å². The van der Waals surface area contributed by atoms with Gasteiger partial charge >= 0.3 is 5.69 Å². The quantitative estimate of drug-likeness (QED) is 0.681. The Hall–Kier alpha value is -3.20. The summed E-state index contributed by atoms with van der Waals surface area (Å²) in [4.78, 5) is 43.1. The van der Waals surface area contributed by atoms with E-state index in [1.165, 1.54) is 0 Å². The second-order valence-corrected chi connectivity index (χ2v) is 7.59. The Balaban J connectivity index is 1.77. The number of nitrogens with one attached hydrogen (secondary N) is 1. The van der Waals surface area contributed by atoms with E-state index in [0.29, 0.717) is 35.3 Å². The van der Waals surface area contributed by atoms with Crippen LogP contribution in [0.2, 0.25) is 5.02 Å². The van der Waals surface area contributed by atoms with Crippen LogP contribution >= 0.6 is 11.6 Å². The van der Waals surface area contributed by atoms with Gasteiger partial charge < -0.3 is 9.84 Å². The summed E-state index contributed by atoms with van der Waals surface area (Å²) in [6.07, 6.45) is 3.17. The predicted octanol–water partition coefficient (Wildman–Crippen LogP) is 2.39. The van der Waals surface area contributed by atoms with Crippen LogP contribution < -0.4 is 16.6 Å². The maximum Gasteiger partial charge on any atom is 0.331 e. The van der Waals surface area contributed by atoms with Crippen molar-refractivity contribution in [2.75, 3.05) is 5.32 Å². The number of anilines is 1. The fourth-order valence-electron chi connectivity index (χ4n) is 3.61. The van der Waals surface area contributed by atoms with Gasteiger partial charge in [-0.3, -0.25) is 18.7 Å². The molecule has 1 amide bonds. The molecule has 1 aliphatic rings. The first kappa shape index (κ1) is 20.1. The predicted molar refractivity (Wildman–Crippen MR) is 111 cm³/mol. The van der Waals surface area contributed by atoms with Crippen molar-refractivity contribution < 1.29 is 9.32 Å². The van der Waals surface area contributed by atoms with E-state index in [9.17, 15) is 14.4 Å². The molecular formula is C20H20ClN5O4. The van der Waals surface area contributed by atoms with Gasteiger partial charge in [0.25, 0.3) is 5.56 Å².